The molecule has 1 atom stereocenters. The van der Waals surface area contributed by atoms with Crippen molar-refractivity contribution in [3.63, 3.8) is 0 Å². The van der Waals surface area contributed by atoms with Gasteiger partial charge in [-0.15, -0.1) is 0 Å². The smallest absolute Gasteiger partial charge is 0.251 e. The molecule has 1 aromatic carbocycles. The van der Waals surface area contributed by atoms with Crippen LogP contribution in [0.3, 0.4) is 0 Å². The zero-order chi connectivity index (χ0) is 19.9. The summed E-state index contributed by atoms with van der Waals surface area (Å²) in [5.74, 6) is 2.57. The Bertz CT molecular complexity index is 707. The van der Waals surface area contributed by atoms with Gasteiger partial charge in [-0.2, -0.15) is 0 Å². The van der Waals surface area contributed by atoms with Gasteiger partial charge in [-0.05, 0) is 87.9 Å². The molecule has 152 valence electrons. The van der Waals surface area contributed by atoms with Crippen LogP contribution in [0.1, 0.15) is 61.4 Å². The first kappa shape index (κ1) is 19.4. The minimum absolute atomic E-state index is 0.0656. The number of hydrogen-bond acceptors (Lipinski definition) is 3. The van der Waals surface area contributed by atoms with Crippen LogP contribution in [-0.4, -0.2) is 42.4 Å². The summed E-state index contributed by atoms with van der Waals surface area (Å²) in [6.07, 6.45) is 7.70. The maximum Gasteiger partial charge on any atom is 0.251 e. The Balaban J connectivity index is 1.35. The van der Waals surface area contributed by atoms with Crippen LogP contribution in [0.25, 0.3) is 0 Å². The van der Waals surface area contributed by atoms with Gasteiger partial charge in [0.15, 0.2) is 0 Å². The van der Waals surface area contributed by atoms with E-state index >= 15 is 0 Å². The molecule has 4 saturated carbocycles. The Hall–Kier alpha value is -1.88. The number of carbonyl (C=O) groups excluding carboxylic acids is 2. The number of likely N-dealkylation sites (N-methyl/N-ethyl adjacent to an activating group) is 1. The molecule has 2 amide bonds. The third-order valence-electron chi connectivity index (χ3n) is 7.34. The predicted octanol–water partition coefficient (Wildman–Crippen LogP) is 2.95. The van der Waals surface area contributed by atoms with E-state index in [0.29, 0.717) is 12.1 Å². The summed E-state index contributed by atoms with van der Waals surface area (Å²) in [5, 5.41) is 6.12. The molecule has 4 fully saturated rings. The number of benzene rings is 1. The molecule has 4 aliphatic carbocycles. The van der Waals surface area contributed by atoms with Gasteiger partial charge in [-0.25, -0.2) is 0 Å². The number of amides is 2. The fraction of sp³-hybridized carbons (Fsp3) is 0.652. The first-order valence-corrected chi connectivity index (χ1v) is 10.7. The van der Waals surface area contributed by atoms with Gasteiger partial charge in [0, 0.05) is 24.7 Å². The first-order valence-electron chi connectivity index (χ1n) is 10.7. The Kier molecular flexibility index (Phi) is 5.21. The minimum atomic E-state index is -0.174. The highest BCUT2D eigenvalue weighted by molar-refractivity contribution is 5.93. The summed E-state index contributed by atoms with van der Waals surface area (Å²) in [6.45, 7) is 2.68. The second-order valence-corrected chi connectivity index (χ2v) is 9.55. The van der Waals surface area contributed by atoms with Gasteiger partial charge in [0.25, 0.3) is 5.91 Å². The molecule has 0 spiro atoms. The lowest BCUT2D eigenvalue weighted by molar-refractivity contribution is -0.131. The SMILES string of the molecule is CNC(=O)c1ccc(CN(C)[C@H](C)C(=O)NC23CC4CC(CC(C4)C2)C3)cc1. The number of nitrogens with one attached hydrogen (secondary N) is 2. The average molecular weight is 384 g/mol. The van der Waals surface area contributed by atoms with E-state index in [9.17, 15) is 9.59 Å². The van der Waals surface area contributed by atoms with E-state index in [1.165, 1.54) is 38.5 Å². The lowest BCUT2D eigenvalue weighted by Crippen LogP contribution is -2.62. The molecule has 0 unspecified atom stereocenters. The maximum atomic E-state index is 13.0. The summed E-state index contributed by atoms with van der Waals surface area (Å²) >= 11 is 0. The molecule has 0 heterocycles. The van der Waals surface area contributed by atoms with E-state index in [1.807, 2.05) is 38.2 Å². The molecule has 4 aliphatic rings. The third kappa shape index (κ3) is 3.82. The maximum absolute atomic E-state index is 13.0. The van der Waals surface area contributed by atoms with Gasteiger partial charge in [0.2, 0.25) is 5.91 Å². The van der Waals surface area contributed by atoms with Crippen LogP contribution in [0.2, 0.25) is 0 Å². The molecule has 2 N–H and O–H groups in total. The number of rotatable bonds is 6. The number of nitrogens with zero attached hydrogens (tertiary/aromatic N) is 1. The summed E-state index contributed by atoms with van der Waals surface area (Å²) < 4.78 is 0. The topological polar surface area (TPSA) is 61.4 Å². The second kappa shape index (κ2) is 7.51. The molecule has 0 aromatic heterocycles. The molecule has 5 heteroatoms. The van der Waals surface area contributed by atoms with E-state index < -0.39 is 0 Å². The highest BCUT2D eigenvalue weighted by Crippen LogP contribution is 2.55. The molecule has 4 bridgehead atoms. The van der Waals surface area contributed by atoms with Crippen LogP contribution in [0.5, 0.6) is 0 Å². The molecular formula is C23H33N3O2. The van der Waals surface area contributed by atoms with Crippen molar-refractivity contribution in [3.05, 3.63) is 35.4 Å². The Labute approximate surface area is 168 Å². The van der Waals surface area contributed by atoms with Crippen LogP contribution in [0, 0.1) is 17.8 Å². The first-order chi connectivity index (χ1) is 13.4. The quantitative estimate of drug-likeness (QED) is 0.794. The lowest BCUT2D eigenvalue weighted by atomic mass is 9.53. The van der Waals surface area contributed by atoms with Crippen molar-refractivity contribution in [3.8, 4) is 0 Å². The molecule has 0 saturated heterocycles. The fourth-order valence-electron chi connectivity index (χ4n) is 6.16. The lowest BCUT2D eigenvalue weighted by Gasteiger charge is -2.57. The molecule has 5 nitrogen and oxygen atoms in total. The predicted molar refractivity (Wildman–Crippen MR) is 110 cm³/mol. The second-order valence-electron chi connectivity index (χ2n) is 9.55. The molecule has 0 aliphatic heterocycles. The fourth-order valence-corrected chi connectivity index (χ4v) is 6.16. The van der Waals surface area contributed by atoms with Gasteiger partial charge < -0.3 is 10.6 Å². The van der Waals surface area contributed by atoms with E-state index in [1.54, 1.807) is 7.05 Å². The van der Waals surface area contributed by atoms with Crippen molar-refractivity contribution in [1.82, 2.24) is 15.5 Å². The van der Waals surface area contributed by atoms with Crippen LogP contribution in [0.15, 0.2) is 24.3 Å². The van der Waals surface area contributed by atoms with Crippen molar-refractivity contribution in [2.75, 3.05) is 14.1 Å². The summed E-state index contributed by atoms with van der Waals surface area (Å²) in [7, 11) is 3.63. The minimum Gasteiger partial charge on any atom is -0.355 e. The normalized spacial score (nSPS) is 31.6. The van der Waals surface area contributed by atoms with Gasteiger partial charge in [0.05, 0.1) is 6.04 Å². The average Bonchev–Trinajstić information content (AvgIpc) is 2.65. The monoisotopic (exact) mass is 383 g/mol. The summed E-state index contributed by atoms with van der Waals surface area (Å²) in [5.41, 5.74) is 1.82. The van der Waals surface area contributed by atoms with Gasteiger partial charge in [-0.3, -0.25) is 14.5 Å². The highest BCUT2D eigenvalue weighted by atomic mass is 16.2. The number of carbonyl (C=O) groups is 2. The van der Waals surface area contributed by atoms with Crippen molar-refractivity contribution < 1.29 is 9.59 Å². The molecule has 1 aromatic rings. The van der Waals surface area contributed by atoms with E-state index in [4.69, 9.17) is 0 Å². The molecule has 28 heavy (non-hydrogen) atoms. The van der Waals surface area contributed by atoms with Gasteiger partial charge in [-0.1, -0.05) is 12.1 Å². The standard InChI is InChI=1S/C23H33N3O2/c1-15(26(3)14-16-4-6-20(7-5-16)22(28)24-2)21(27)25-23-11-17-8-18(12-23)10-19(9-17)13-23/h4-7,15,17-19H,8-14H2,1-3H3,(H,24,28)(H,25,27)/t15-,17?,18?,19?,23?/m1/s1. The van der Waals surface area contributed by atoms with Crippen LogP contribution < -0.4 is 10.6 Å². The van der Waals surface area contributed by atoms with Crippen molar-refractivity contribution in [2.45, 2.75) is 63.6 Å². The molecular weight excluding hydrogens is 350 g/mol. The van der Waals surface area contributed by atoms with Gasteiger partial charge >= 0.3 is 0 Å². The van der Waals surface area contributed by atoms with Crippen molar-refractivity contribution in [2.24, 2.45) is 17.8 Å². The Morgan fingerprint density at radius 3 is 2.11 bits per heavy atom. The van der Waals surface area contributed by atoms with Crippen molar-refractivity contribution >= 4 is 11.8 Å². The Morgan fingerprint density at radius 2 is 1.61 bits per heavy atom. The summed E-state index contributed by atoms with van der Waals surface area (Å²) in [6, 6.07) is 7.42. The van der Waals surface area contributed by atoms with Crippen LogP contribution in [0.4, 0.5) is 0 Å². The molecule has 5 rings (SSSR count). The summed E-state index contributed by atoms with van der Waals surface area (Å²) in [4.78, 5) is 26.8. The third-order valence-corrected chi connectivity index (χ3v) is 7.34. The zero-order valence-corrected chi connectivity index (χ0v) is 17.3. The van der Waals surface area contributed by atoms with E-state index in [2.05, 4.69) is 15.5 Å². The number of hydrogen-bond donors (Lipinski definition) is 2. The van der Waals surface area contributed by atoms with E-state index in [0.717, 1.165) is 23.3 Å². The zero-order valence-electron chi connectivity index (χ0n) is 17.3. The largest absolute Gasteiger partial charge is 0.355 e. The molecule has 0 radical (unpaired) electrons. The van der Waals surface area contributed by atoms with Crippen LogP contribution >= 0.6 is 0 Å². The van der Waals surface area contributed by atoms with Crippen molar-refractivity contribution in [1.29, 1.82) is 0 Å². The van der Waals surface area contributed by atoms with Crippen LogP contribution in [-0.2, 0) is 11.3 Å². The highest BCUT2D eigenvalue weighted by Gasteiger charge is 2.51. The Morgan fingerprint density at radius 1 is 1.07 bits per heavy atom. The van der Waals surface area contributed by atoms with Gasteiger partial charge in [0.1, 0.15) is 0 Å². The van der Waals surface area contributed by atoms with E-state index in [-0.39, 0.29) is 23.4 Å².